The Balaban J connectivity index is 3.63. The number of Topliss-reactive ketones (excluding diaryl/α,β-unsaturated/α-hetero) is 1. The summed E-state index contributed by atoms with van der Waals surface area (Å²) in [5.41, 5.74) is 11.3. The van der Waals surface area contributed by atoms with E-state index in [0.29, 0.717) is 38.6 Å². The largest absolute Gasteiger partial charge is 0.356 e. The van der Waals surface area contributed by atoms with Crippen molar-refractivity contribution in [1.82, 2.24) is 5.32 Å². The molecule has 0 bridgehead atoms. The van der Waals surface area contributed by atoms with Gasteiger partial charge in [-0.15, -0.1) is 0 Å². The molecule has 0 aliphatic heterocycles. The molecule has 0 aromatic rings. The average Bonchev–Trinajstić information content (AvgIpc) is 2.84. The van der Waals surface area contributed by atoms with E-state index in [0.717, 1.165) is 38.5 Å². The van der Waals surface area contributed by atoms with Crippen LogP contribution in [0.2, 0.25) is 0 Å². The van der Waals surface area contributed by atoms with Gasteiger partial charge >= 0.3 is 0 Å². The maximum Gasteiger partial charge on any atom is 0.219 e. The summed E-state index contributed by atoms with van der Waals surface area (Å²) in [5, 5.41) is 2.83. The highest BCUT2D eigenvalue weighted by Crippen LogP contribution is 2.11. The molecular weight excluding hydrogens is 426 g/mol. The number of amides is 1. The minimum Gasteiger partial charge on any atom is -0.356 e. The van der Waals surface area contributed by atoms with Gasteiger partial charge in [0.25, 0.3) is 0 Å². The zero-order chi connectivity index (χ0) is 25.3. The number of allylic oxidation sites excluding steroid dienone is 2. The first kappa shape index (κ1) is 32.5. The smallest absolute Gasteiger partial charge is 0.219 e. The summed E-state index contributed by atoms with van der Waals surface area (Å²) in [7, 11) is 0. The average molecular weight is 480 g/mol. The third kappa shape index (κ3) is 19.9. The van der Waals surface area contributed by atoms with Crippen LogP contribution in [0.3, 0.4) is 0 Å². The molecule has 0 radical (unpaired) electrons. The number of hydrogen-bond acceptors (Lipinski definition) is 5. The Morgan fingerprint density at radius 1 is 0.794 bits per heavy atom. The van der Waals surface area contributed by atoms with Crippen molar-refractivity contribution in [3.63, 3.8) is 0 Å². The number of aldehydes is 1. The van der Waals surface area contributed by atoms with Gasteiger partial charge in [0, 0.05) is 13.0 Å². The van der Waals surface area contributed by atoms with Crippen molar-refractivity contribution in [2.45, 2.75) is 129 Å². The van der Waals surface area contributed by atoms with E-state index in [2.05, 4.69) is 24.4 Å². The summed E-state index contributed by atoms with van der Waals surface area (Å²) in [6, 6.07) is -0.631. The van der Waals surface area contributed by atoms with Crippen LogP contribution < -0.4 is 16.8 Å². The molecule has 0 rings (SSSR count). The molecule has 6 nitrogen and oxygen atoms in total. The fourth-order valence-electron chi connectivity index (χ4n) is 4.01. The Kier molecular flexibility index (Phi) is 23.5. The van der Waals surface area contributed by atoms with Crippen molar-refractivity contribution in [3.05, 3.63) is 12.2 Å². The normalized spacial score (nSPS) is 13.1. The van der Waals surface area contributed by atoms with Gasteiger partial charge in [-0.2, -0.15) is 0 Å². The first-order valence-corrected chi connectivity index (χ1v) is 13.9. The van der Waals surface area contributed by atoms with E-state index in [-0.39, 0.29) is 11.7 Å². The quantitative estimate of drug-likeness (QED) is 0.0704. The van der Waals surface area contributed by atoms with Gasteiger partial charge in [0.15, 0.2) is 5.78 Å². The number of unbranched alkanes of at least 4 members (excludes halogenated alkanes) is 12. The number of nitrogens with two attached hydrogens (primary N) is 2. The highest BCUT2D eigenvalue weighted by atomic mass is 16.2. The molecule has 0 aromatic carbocycles. The van der Waals surface area contributed by atoms with Crippen molar-refractivity contribution in [2.75, 3.05) is 13.1 Å². The summed E-state index contributed by atoms with van der Waals surface area (Å²) in [5.74, 6) is -0.992. The molecule has 5 N–H and O–H groups in total. The molecule has 34 heavy (non-hydrogen) atoms. The molecule has 2 atom stereocenters. The van der Waals surface area contributed by atoms with Crippen LogP contribution in [0.15, 0.2) is 12.2 Å². The zero-order valence-corrected chi connectivity index (χ0v) is 21.9. The number of carbonyl (C=O) groups is 3. The molecule has 1 unspecified atom stereocenters. The van der Waals surface area contributed by atoms with Crippen molar-refractivity contribution in [2.24, 2.45) is 17.4 Å². The third-order valence-corrected chi connectivity index (χ3v) is 6.31. The van der Waals surface area contributed by atoms with E-state index in [1.54, 1.807) is 0 Å². The Morgan fingerprint density at radius 2 is 1.38 bits per heavy atom. The van der Waals surface area contributed by atoms with Gasteiger partial charge in [-0.1, -0.05) is 76.9 Å². The molecule has 0 spiro atoms. The van der Waals surface area contributed by atoms with Crippen LogP contribution in [-0.4, -0.2) is 37.1 Å². The summed E-state index contributed by atoms with van der Waals surface area (Å²) >= 11 is 0. The lowest BCUT2D eigenvalue weighted by Gasteiger charge is -2.15. The van der Waals surface area contributed by atoms with Crippen molar-refractivity contribution in [1.29, 1.82) is 0 Å². The molecule has 0 aromatic heterocycles. The number of carbonyl (C=O) groups excluding carboxylic acids is 3. The summed E-state index contributed by atoms with van der Waals surface area (Å²) in [6.45, 7) is 3.15. The van der Waals surface area contributed by atoms with Gasteiger partial charge in [0.05, 0.1) is 12.0 Å². The van der Waals surface area contributed by atoms with Gasteiger partial charge in [-0.3, -0.25) is 9.59 Å². The van der Waals surface area contributed by atoms with Crippen LogP contribution in [0, 0.1) is 5.92 Å². The summed E-state index contributed by atoms with van der Waals surface area (Å²) < 4.78 is 0. The molecule has 0 fully saturated rings. The van der Waals surface area contributed by atoms with Gasteiger partial charge in [0.2, 0.25) is 5.91 Å². The minimum atomic E-state index is -0.743. The second-order valence-electron chi connectivity index (χ2n) is 9.51. The molecule has 0 saturated carbocycles. The van der Waals surface area contributed by atoms with Gasteiger partial charge in [-0.25, -0.2) is 0 Å². The van der Waals surface area contributed by atoms with Crippen LogP contribution in [0.1, 0.15) is 122 Å². The molecule has 0 aliphatic rings. The van der Waals surface area contributed by atoms with Crippen LogP contribution in [-0.2, 0) is 14.4 Å². The number of ketones is 1. The van der Waals surface area contributed by atoms with Gasteiger partial charge in [0.1, 0.15) is 6.29 Å². The van der Waals surface area contributed by atoms with Crippen molar-refractivity contribution < 1.29 is 14.4 Å². The Bertz CT molecular complexity index is 537. The summed E-state index contributed by atoms with van der Waals surface area (Å²) in [4.78, 5) is 35.5. The number of hydrogen-bond donors (Lipinski definition) is 3. The fraction of sp³-hybridized carbons (Fsp3) is 0.821. The van der Waals surface area contributed by atoms with Crippen LogP contribution >= 0.6 is 0 Å². The predicted molar refractivity (Wildman–Crippen MR) is 143 cm³/mol. The number of rotatable bonds is 25. The predicted octanol–water partition coefficient (Wildman–Crippen LogP) is 5.37. The first-order chi connectivity index (χ1) is 16.6. The Morgan fingerprint density at radius 3 is 1.97 bits per heavy atom. The maximum absolute atomic E-state index is 12.3. The summed E-state index contributed by atoms with van der Waals surface area (Å²) in [6.07, 6.45) is 24.3. The third-order valence-electron chi connectivity index (χ3n) is 6.31. The topological polar surface area (TPSA) is 115 Å². The minimum absolute atomic E-state index is 0.0121. The second-order valence-corrected chi connectivity index (χ2v) is 9.51. The number of nitrogens with one attached hydrogen (secondary N) is 1. The molecule has 1 amide bonds. The monoisotopic (exact) mass is 479 g/mol. The lowest BCUT2D eigenvalue weighted by Crippen LogP contribution is -2.38. The van der Waals surface area contributed by atoms with Gasteiger partial charge < -0.3 is 21.6 Å². The highest BCUT2D eigenvalue weighted by Gasteiger charge is 2.23. The molecule has 0 heterocycles. The molecule has 198 valence electrons. The lowest BCUT2D eigenvalue weighted by atomic mass is 9.93. The van der Waals surface area contributed by atoms with Crippen LogP contribution in [0.4, 0.5) is 0 Å². The van der Waals surface area contributed by atoms with Crippen LogP contribution in [0.5, 0.6) is 0 Å². The first-order valence-electron chi connectivity index (χ1n) is 13.9. The maximum atomic E-state index is 12.3. The standard InChI is InChI=1S/C28H53N3O3/c1-2-3-4-5-6-7-8-9-10-11-12-13-14-15-16-20-27(33)31-23-21-25(24-32)28(34)26(30)19-17-18-22-29/h9-10,24-26H,2-8,11-23,29-30H2,1H3,(H,31,33)/b10-9-/t25?,26-/m0/s1. The van der Waals surface area contributed by atoms with Crippen molar-refractivity contribution in [3.8, 4) is 0 Å². The zero-order valence-electron chi connectivity index (χ0n) is 21.9. The SMILES string of the molecule is CCCCCCCC/C=C\CCCCCCCC(=O)NCCC(C=O)C(=O)[C@@H](N)CCCCN. The Labute approximate surface area is 209 Å². The lowest BCUT2D eigenvalue weighted by molar-refractivity contribution is -0.129. The van der Waals surface area contributed by atoms with E-state index in [9.17, 15) is 14.4 Å². The second kappa shape index (κ2) is 24.6. The van der Waals surface area contributed by atoms with E-state index in [1.165, 1.54) is 57.8 Å². The Hall–Kier alpha value is -1.53. The molecule has 0 saturated heterocycles. The van der Waals surface area contributed by atoms with E-state index >= 15 is 0 Å². The molecular formula is C28H53N3O3. The van der Waals surface area contributed by atoms with E-state index < -0.39 is 12.0 Å². The van der Waals surface area contributed by atoms with Gasteiger partial charge in [-0.05, 0) is 57.9 Å². The van der Waals surface area contributed by atoms with Crippen LogP contribution in [0.25, 0.3) is 0 Å². The molecule has 0 aliphatic carbocycles. The van der Waals surface area contributed by atoms with E-state index in [1.807, 2.05) is 0 Å². The fourth-order valence-corrected chi connectivity index (χ4v) is 4.01. The van der Waals surface area contributed by atoms with E-state index in [4.69, 9.17) is 11.5 Å². The van der Waals surface area contributed by atoms with Crippen molar-refractivity contribution >= 4 is 18.0 Å². The molecule has 6 heteroatoms. The highest BCUT2D eigenvalue weighted by molar-refractivity contribution is 5.96.